The smallest absolute Gasteiger partial charge is 0.182 e. The van der Waals surface area contributed by atoms with Crippen LogP contribution in [0, 0.1) is 18.3 Å². The van der Waals surface area contributed by atoms with E-state index in [1.807, 2.05) is 37.3 Å². The highest BCUT2D eigenvalue weighted by atomic mass is 15.1. The van der Waals surface area contributed by atoms with Gasteiger partial charge in [0.25, 0.3) is 0 Å². The lowest BCUT2D eigenvalue weighted by atomic mass is 10.2. The molecule has 0 aliphatic rings. The Balaban J connectivity index is 2.61. The van der Waals surface area contributed by atoms with Crippen LogP contribution in [0.1, 0.15) is 11.3 Å². The Morgan fingerprint density at radius 1 is 1.40 bits per heavy atom. The number of benzene rings is 1. The molecule has 0 bridgehead atoms. The van der Waals surface area contributed by atoms with Gasteiger partial charge in [0.2, 0.25) is 0 Å². The summed E-state index contributed by atoms with van der Waals surface area (Å²) in [6.07, 6.45) is 1.57. The fourth-order valence-corrected chi connectivity index (χ4v) is 1.47. The lowest BCUT2D eigenvalue weighted by molar-refractivity contribution is 1.05. The minimum Gasteiger partial charge on any atom is -0.382 e. The van der Waals surface area contributed by atoms with Gasteiger partial charge in [-0.15, -0.1) is 0 Å². The highest BCUT2D eigenvalue weighted by Crippen LogP contribution is 2.19. The number of nitrogens with zero attached hydrogens (tertiary/aromatic N) is 3. The third kappa shape index (κ3) is 1.44. The Bertz CT molecular complexity index is 534. The van der Waals surface area contributed by atoms with Crippen LogP contribution in [-0.4, -0.2) is 9.55 Å². The number of nitrogen functional groups attached to an aromatic ring is 1. The van der Waals surface area contributed by atoms with Crippen molar-refractivity contribution < 1.29 is 0 Å². The Morgan fingerprint density at radius 2 is 2.13 bits per heavy atom. The molecule has 1 heterocycles. The van der Waals surface area contributed by atoms with Crippen LogP contribution in [0.3, 0.4) is 0 Å². The van der Waals surface area contributed by atoms with Gasteiger partial charge < -0.3 is 5.73 Å². The normalized spacial score (nSPS) is 9.87. The van der Waals surface area contributed by atoms with Gasteiger partial charge in [-0.2, -0.15) is 5.26 Å². The van der Waals surface area contributed by atoms with Gasteiger partial charge >= 0.3 is 0 Å². The number of rotatable bonds is 1. The summed E-state index contributed by atoms with van der Waals surface area (Å²) in [6.45, 7) is 1.99. The van der Waals surface area contributed by atoms with Crippen molar-refractivity contribution in [3.05, 3.63) is 41.9 Å². The van der Waals surface area contributed by atoms with Crippen LogP contribution in [0.5, 0.6) is 0 Å². The first-order valence-electron chi connectivity index (χ1n) is 4.53. The highest BCUT2D eigenvalue weighted by molar-refractivity contribution is 5.53. The first kappa shape index (κ1) is 9.28. The SMILES string of the molecule is Cc1ccccc1-n1cnc(C#N)c1N. The van der Waals surface area contributed by atoms with E-state index < -0.39 is 0 Å². The van der Waals surface area contributed by atoms with E-state index in [1.54, 1.807) is 10.9 Å². The quantitative estimate of drug-likeness (QED) is 0.757. The first-order valence-corrected chi connectivity index (χ1v) is 4.53. The molecule has 0 saturated carbocycles. The zero-order valence-corrected chi connectivity index (χ0v) is 8.31. The van der Waals surface area contributed by atoms with Crippen molar-refractivity contribution in [3.63, 3.8) is 0 Å². The molecule has 0 aliphatic carbocycles. The number of imidazole rings is 1. The maximum Gasteiger partial charge on any atom is 0.182 e. The van der Waals surface area contributed by atoms with Gasteiger partial charge in [0.05, 0.1) is 5.69 Å². The van der Waals surface area contributed by atoms with E-state index in [4.69, 9.17) is 11.0 Å². The van der Waals surface area contributed by atoms with Gasteiger partial charge in [-0.05, 0) is 18.6 Å². The Morgan fingerprint density at radius 3 is 2.73 bits per heavy atom. The predicted octanol–water partition coefficient (Wildman–Crippen LogP) is 1.63. The number of para-hydroxylation sites is 1. The highest BCUT2D eigenvalue weighted by Gasteiger charge is 2.09. The third-order valence-electron chi connectivity index (χ3n) is 2.29. The number of nitriles is 1. The molecular formula is C11H10N4. The predicted molar refractivity (Wildman–Crippen MR) is 57.4 cm³/mol. The number of hydrogen-bond acceptors (Lipinski definition) is 3. The molecule has 1 aromatic carbocycles. The molecule has 0 unspecified atom stereocenters. The van der Waals surface area contributed by atoms with Crippen LogP contribution in [0.25, 0.3) is 5.69 Å². The lowest BCUT2D eigenvalue weighted by Gasteiger charge is -2.07. The van der Waals surface area contributed by atoms with E-state index in [0.29, 0.717) is 5.82 Å². The lowest BCUT2D eigenvalue weighted by Crippen LogP contribution is -2.01. The van der Waals surface area contributed by atoms with Crippen molar-refractivity contribution in [2.24, 2.45) is 0 Å². The fraction of sp³-hybridized carbons (Fsp3) is 0.0909. The molecule has 15 heavy (non-hydrogen) atoms. The van der Waals surface area contributed by atoms with Crippen molar-refractivity contribution in [2.45, 2.75) is 6.92 Å². The summed E-state index contributed by atoms with van der Waals surface area (Å²) in [5, 5.41) is 8.74. The molecule has 2 N–H and O–H groups in total. The average Bonchev–Trinajstić information content (AvgIpc) is 2.60. The topological polar surface area (TPSA) is 67.6 Å². The van der Waals surface area contributed by atoms with E-state index >= 15 is 0 Å². The minimum atomic E-state index is 0.262. The summed E-state index contributed by atoms with van der Waals surface area (Å²) in [4.78, 5) is 3.93. The van der Waals surface area contributed by atoms with Gasteiger partial charge in [0.1, 0.15) is 18.2 Å². The van der Waals surface area contributed by atoms with Crippen molar-refractivity contribution in [1.29, 1.82) is 5.26 Å². The molecule has 0 saturated heterocycles. The van der Waals surface area contributed by atoms with Crippen LogP contribution in [-0.2, 0) is 0 Å². The van der Waals surface area contributed by atoms with Crippen molar-refractivity contribution in [1.82, 2.24) is 9.55 Å². The molecule has 0 spiro atoms. The summed E-state index contributed by atoms with van der Waals surface area (Å²) in [5.74, 6) is 0.381. The maximum atomic E-state index is 8.74. The first-order chi connectivity index (χ1) is 7.24. The number of hydrogen-bond donors (Lipinski definition) is 1. The Kier molecular flexibility index (Phi) is 2.14. The number of anilines is 1. The van der Waals surface area contributed by atoms with E-state index in [0.717, 1.165) is 11.3 Å². The zero-order chi connectivity index (χ0) is 10.8. The summed E-state index contributed by atoms with van der Waals surface area (Å²) in [5.41, 5.74) is 8.09. The standard InChI is InChI=1S/C11H10N4/c1-8-4-2-3-5-10(8)15-7-14-9(6-12)11(15)13/h2-5,7H,13H2,1H3. The second-order valence-electron chi connectivity index (χ2n) is 3.25. The molecule has 74 valence electrons. The molecular weight excluding hydrogens is 188 g/mol. The van der Waals surface area contributed by atoms with E-state index in [-0.39, 0.29) is 5.69 Å². The van der Waals surface area contributed by atoms with E-state index in [1.165, 1.54) is 0 Å². The maximum absolute atomic E-state index is 8.74. The molecule has 4 heteroatoms. The largest absolute Gasteiger partial charge is 0.382 e. The molecule has 4 nitrogen and oxygen atoms in total. The summed E-state index contributed by atoms with van der Waals surface area (Å²) < 4.78 is 1.72. The third-order valence-corrected chi connectivity index (χ3v) is 2.29. The van der Waals surface area contributed by atoms with Gasteiger partial charge in [0.15, 0.2) is 5.69 Å². The number of nitrogens with two attached hydrogens (primary N) is 1. The van der Waals surface area contributed by atoms with Gasteiger partial charge in [-0.25, -0.2) is 4.98 Å². The molecule has 1 aromatic heterocycles. The van der Waals surface area contributed by atoms with E-state index in [2.05, 4.69) is 4.98 Å². The second-order valence-corrected chi connectivity index (χ2v) is 3.25. The molecule has 2 aromatic rings. The van der Waals surface area contributed by atoms with Crippen LogP contribution < -0.4 is 5.73 Å². The van der Waals surface area contributed by atoms with Gasteiger partial charge in [-0.1, -0.05) is 18.2 Å². The van der Waals surface area contributed by atoms with Crippen LogP contribution >= 0.6 is 0 Å². The second kappa shape index (κ2) is 3.46. The van der Waals surface area contributed by atoms with E-state index in [9.17, 15) is 0 Å². The molecule has 0 radical (unpaired) electrons. The van der Waals surface area contributed by atoms with Crippen LogP contribution in [0.2, 0.25) is 0 Å². The van der Waals surface area contributed by atoms with Gasteiger partial charge in [-0.3, -0.25) is 4.57 Å². The zero-order valence-electron chi connectivity index (χ0n) is 8.31. The minimum absolute atomic E-state index is 0.262. The molecule has 0 aliphatic heterocycles. The fourth-order valence-electron chi connectivity index (χ4n) is 1.47. The molecule has 0 amide bonds. The monoisotopic (exact) mass is 198 g/mol. The van der Waals surface area contributed by atoms with Crippen molar-refractivity contribution in [3.8, 4) is 11.8 Å². The van der Waals surface area contributed by atoms with Crippen molar-refractivity contribution >= 4 is 5.82 Å². The molecule has 0 fully saturated rings. The van der Waals surface area contributed by atoms with Crippen LogP contribution in [0.4, 0.5) is 5.82 Å². The summed E-state index contributed by atoms with van der Waals surface area (Å²) in [6, 6.07) is 9.75. The van der Waals surface area contributed by atoms with Crippen molar-refractivity contribution in [2.75, 3.05) is 5.73 Å². The number of aryl methyl sites for hydroxylation is 1. The van der Waals surface area contributed by atoms with Gasteiger partial charge in [0, 0.05) is 0 Å². The molecule has 0 atom stereocenters. The Hall–Kier alpha value is -2.28. The molecule has 2 rings (SSSR count). The summed E-state index contributed by atoms with van der Waals surface area (Å²) >= 11 is 0. The Labute approximate surface area is 87.6 Å². The summed E-state index contributed by atoms with van der Waals surface area (Å²) in [7, 11) is 0. The number of aromatic nitrogens is 2. The average molecular weight is 198 g/mol. The van der Waals surface area contributed by atoms with Crippen LogP contribution in [0.15, 0.2) is 30.6 Å².